The molecule has 3 heteroatoms. The Morgan fingerprint density at radius 2 is 2.00 bits per heavy atom. The lowest BCUT2D eigenvalue weighted by atomic mass is 10.1. The van der Waals surface area contributed by atoms with E-state index in [1.54, 1.807) is 0 Å². The number of likely N-dealkylation sites (N-methyl/N-ethyl adjacent to an activating group) is 1. The van der Waals surface area contributed by atoms with E-state index in [0.717, 1.165) is 11.6 Å². The highest BCUT2D eigenvalue weighted by Gasteiger charge is 2.19. The van der Waals surface area contributed by atoms with Crippen LogP contribution in [0.3, 0.4) is 0 Å². The van der Waals surface area contributed by atoms with E-state index in [9.17, 15) is 0 Å². The van der Waals surface area contributed by atoms with Gasteiger partial charge < -0.3 is 10.1 Å². The Morgan fingerprint density at radius 1 is 1.26 bits per heavy atom. The molecule has 0 amide bonds. The van der Waals surface area contributed by atoms with Gasteiger partial charge in [0, 0.05) is 11.6 Å². The monoisotopic (exact) mass is 281 g/mol. The minimum atomic E-state index is 0.104. The molecular formula is C16H24ClNO. The van der Waals surface area contributed by atoms with E-state index >= 15 is 0 Å². The molecule has 0 aliphatic heterocycles. The zero-order valence-electron chi connectivity index (χ0n) is 11.7. The lowest BCUT2D eigenvalue weighted by Crippen LogP contribution is -2.24. The highest BCUT2D eigenvalue weighted by molar-refractivity contribution is 6.30. The average molecular weight is 282 g/mol. The zero-order chi connectivity index (χ0) is 13.5. The Hall–Kier alpha value is -0.570. The Kier molecular flexibility index (Phi) is 6.15. The van der Waals surface area contributed by atoms with Crippen LogP contribution in [0.2, 0.25) is 5.02 Å². The first-order valence-corrected chi connectivity index (χ1v) is 7.73. The maximum atomic E-state index is 6.33. The lowest BCUT2D eigenvalue weighted by Gasteiger charge is -2.24. The molecule has 19 heavy (non-hydrogen) atoms. The molecule has 1 saturated carbocycles. The molecule has 2 rings (SSSR count). The summed E-state index contributed by atoms with van der Waals surface area (Å²) in [5.41, 5.74) is 1.17. The summed E-state index contributed by atoms with van der Waals surface area (Å²) in [6, 6.07) is 8.02. The van der Waals surface area contributed by atoms with E-state index in [1.165, 1.54) is 44.1 Å². The van der Waals surface area contributed by atoms with Crippen molar-refractivity contribution in [1.82, 2.24) is 5.32 Å². The van der Waals surface area contributed by atoms with Crippen LogP contribution in [-0.2, 0) is 4.74 Å². The minimum Gasteiger partial charge on any atom is -0.369 e. The van der Waals surface area contributed by atoms with Gasteiger partial charge in [-0.1, -0.05) is 49.4 Å². The molecule has 1 atom stereocenters. The predicted molar refractivity (Wildman–Crippen MR) is 80.7 cm³/mol. The lowest BCUT2D eigenvalue weighted by molar-refractivity contribution is -0.0193. The first-order valence-electron chi connectivity index (χ1n) is 7.35. The Balaban J connectivity index is 2.02. The second-order valence-electron chi connectivity index (χ2n) is 5.35. The molecular weight excluding hydrogens is 258 g/mol. The second-order valence-corrected chi connectivity index (χ2v) is 5.79. The van der Waals surface area contributed by atoms with Gasteiger partial charge in [-0.3, -0.25) is 0 Å². The van der Waals surface area contributed by atoms with Crippen LogP contribution in [0.1, 0.15) is 50.2 Å². The molecule has 0 aromatic heterocycles. The molecule has 0 saturated heterocycles. The molecule has 1 aliphatic carbocycles. The fraction of sp³-hybridized carbons (Fsp3) is 0.625. The number of halogens is 1. The largest absolute Gasteiger partial charge is 0.369 e. The molecule has 1 fully saturated rings. The van der Waals surface area contributed by atoms with Gasteiger partial charge in [0.05, 0.1) is 12.2 Å². The topological polar surface area (TPSA) is 21.3 Å². The smallest absolute Gasteiger partial charge is 0.0953 e. The van der Waals surface area contributed by atoms with Crippen LogP contribution in [0.5, 0.6) is 0 Å². The summed E-state index contributed by atoms with van der Waals surface area (Å²) in [6.45, 7) is 0.830. The molecule has 0 bridgehead atoms. The first kappa shape index (κ1) is 14.8. The number of benzene rings is 1. The van der Waals surface area contributed by atoms with Gasteiger partial charge in [0.15, 0.2) is 0 Å². The fourth-order valence-corrected chi connectivity index (χ4v) is 2.95. The summed E-state index contributed by atoms with van der Waals surface area (Å²) in [7, 11) is 1.97. The van der Waals surface area contributed by atoms with Gasteiger partial charge in [-0.05, 0) is 37.6 Å². The quantitative estimate of drug-likeness (QED) is 0.811. The fourth-order valence-electron chi connectivity index (χ4n) is 2.75. The van der Waals surface area contributed by atoms with Crippen molar-refractivity contribution in [2.24, 2.45) is 0 Å². The van der Waals surface area contributed by atoms with Crippen molar-refractivity contribution in [3.05, 3.63) is 34.9 Å². The van der Waals surface area contributed by atoms with Crippen molar-refractivity contribution in [3.63, 3.8) is 0 Å². The molecule has 1 unspecified atom stereocenters. The number of nitrogens with one attached hydrogen (secondary N) is 1. The van der Waals surface area contributed by atoms with Crippen molar-refractivity contribution in [1.29, 1.82) is 0 Å². The molecule has 2 nitrogen and oxygen atoms in total. The first-order chi connectivity index (χ1) is 9.29. The van der Waals surface area contributed by atoms with Gasteiger partial charge in [-0.25, -0.2) is 0 Å². The summed E-state index contributed by atoms with van der Waals surface area (Å²) in [5.74, 6) is 0. The third-order valence-electron chi connectivity index (χ3n) is 3.77. The average Bonchev–Trinajstić information content (AvgIpc) is 2.67. The van der Waals surface area contributed by atoms with E-state index in [1.807, 2.05) is 25.2 Å². The van der Waals surface area contributed by atoms with E-state index < -0.39 is 0 Å². The number of hydrogen-bond donors (Lipinski definition) is 1. The molecule has 1 aliphatic rings. The van der Waals surface area contributed by atoms with Crippen LogP contribution < -0.4 is 5.32 Å². The second kappa shape index (κ2) is 7.88. The minimum absolute atomic E-state index is 0.104. The summed E-state index contributed by atoms with van der Waals surface area (Å²) < 4.78 is 6.33. The number of ether oxygens (including phenoxy) is 1. The van der Waals surface area contributed by atoms with Crippen molar-refractivity contribution >= 4 is 11.6 Å². The van der Waals surface area contributed by atoms with E-state index in [-0.39, 0.29) is 6.10 Å². The maximum absolute atomic E-state index is 6.33. The van der Waals surface area contributed by atoms with Gasteiger partial charge in [0.25, 0.3) is 0 Å². The van der Waals surface area contributed by atoms with Crippen molar-refractivity contribution in [2.45, 2.75) is 50.7 Å². The van der Waals surface area contributed by atoms with E-state index in [2.05, 4.69) is 11.4 Å². The molecule has 0 radical (unpaired) electrons. The van der Waals surface area contributed by atoms with Gasteiger partial charge >= 0.3 is 0 Å². The molecule has 1 N–H and O–H groups in total. The van der Waals surface area contributed by atoms with Crippen LogP contribution in [0, 0.1) is 0 Å². The third kappa shape index (κ3) is 4.79. The van der Waals surface area contributed by atoms with Crippen molar-refractivity contribution < 1.29 is 4.74 Å². The Labute approximate surface area is 121 Å². The Morgan fingerprint density at radius 3 is 2.63 bits per heavy atom. The van der Waals surface area contributed by atoms with Crippen LogP contribution in [0.15, 0.2) is 24.3 Å². The standard InChI is InChI=1S/C16H24ClNO/c1-18-12-16(13-7-6-8-14(17)11-13)19-15-9-4-2-3-5-10-15/h6-8,11,15-16,18H,2-5,9-10,12H2,1H3. The van der Waals surface area contributed by atoms with Crippen LogP contribution in [0.25, 0.3) is 0 Å². The molecule has 0 heterocycles. The van der Waals surface area contributed by atoms with Gasteiger partial charge in [0.1, 0.15) is 0 Å². The predicted octanol–water partition coefficient (Wildman–Crippen LogP) is 4.34. The summed E-state index contributed by atoms with van der Waals surface area (Å²) >= 11 is 6.08. The Bertz CT molecular complexity index is 375. The van der Waals surface area contributed by atoms with Gasteiger partial charge in [0.2, 0.25) is 0 Å². The van der Waals surface area contributed by atoms with Crippen LogP contribution >= 0.6 is 11.6 Å². The van der Waals surface area contributed by atoms with Crippen LogP contribution in [-0.4, -0.2) is 19.7 Å². The van der Waals surface area contributed by atoms with Crippen LogP contribution in [0.4, 0.5) is 0 Å². The number of hydrogen-bond acceptors (Lipinski definition) is 2. The molecule has 106 valence electrons. The van der Waals surface area contributed by atoms with Gasteiger partial charge in [-0.15, -0.1) is 0 Å². The highest BCUT2D eigenvalue weighted by atomic mass is 35.5. The SMILES string of the molecule is CNCC(OC1CCCCCC1)c1cccc(Cl)c1. The summed E-state index contributed by atoms with van der Waals surface area (Å²) in [5, 5.41) is 4.00. The molecule has 0 spiro atoms. The van der Waals surface area contributed by atoms with E-state index in [0.29, 0.717) is 6.10 Å². The molecule has 1 aromatic rings. The van der Waals surface area contributed by atoms with E-state index in [4.69, 9.17) is 16.3 Å². The third-order valence-corrected chi connectivity index (χ3v) is 4.00. The summed E-state index contributed by atoms with van der Waals surface area (Å²) in [6.07, 6.45) is 8.20. The zero-order valence-corrected chi connectivity index (χ0v) is 12.5. The highest BCUT2D eigenvalue weighted by Crippen LogP contribution is 2.27. The summed E-state index contributed by atoms with van der Waals surface area (Å²) in [4.78, 5) is 0. The van der Waals surface area contributed by atoms with Crippen molar-refractivity contribution in [2.75, 3.05) is 13.6 Å². The maximum Gasteiger partial charge on any atom is 0.0953 e. The van der Waals surface area contributed by atoms with Gasteiger partial charge in [-0.2, -0.15) is 0 Å². The van der Waals surface area contributed by atoms with Crippen molar-refractivity contribution in [3.8, 4) is 0 Å². The molecule has 1 aromatic carbocycles. The number of rotatable bonds is 5. The normalized spacial score (nSPS) is 19.1.